The van der Waals surface area contributed by atoms with Crippen LogP contribution in [0.1, 0.15) is 11.4 Å². The normalized spacial score (nSPS) is 10.7. The van der Waals surface area contributed by atoms with E-state index in [1.165, 1.54) is 0 Å². The van der Waals surface area contributed by atoms with Gasteiger partial charge in [0.25, 0.3) is 0 Å². The molecule has 1 aromatic carbocycles. The van der Waals surface area contributed by atoms with E-state index in [1.807, 2.05) is 30.5 Å². The first-order valence-corrected chi connectivity index (χ1v) is 6.21. The van der Waals surface area contributed by atoms with Gasteiger partial charge in [-0.3, -0.25) is 0 Å². The fraction of sp³-hybridized carbons (Fsp3) is 0.143. The van der Waals surface area contributed by atoms with Gasteiger partial charge in [0.05, 0.1) is 12.8 Å². The maximum atomic E-state index is 9.15. The van der Waals surface area contributed by atoms with Crippen molar-refractivity contribution in [2.24, 2.45) is 0 Å². The molecule has 100 valence electrons. The topological polar surface area (TPSA) is 76.7 Å². The first-order valence-electron chi connectivity index (χ1n) is 6.21. The summed E-state index contributed by atoms with van der Waals surface area (Å²) in [6, 6.07) is 9.36. The lowest BCUT2D eigenvalue weighted by Gasteiger charge is -1.99. The summed E-state index contributed by atoms with van der Waals surface area (Å²) in [7, 11) is 0. The molecule has 20 heavy (non-hydrogen) atoms. The van der Waals surface area contributed by atoms with Crippen molar-refractivity contribution in [3.8, 4) is 11.3 Å². The number of hydrogen-bond donors (Lipinski definition) is 1. The van der Waals surface area contributed by atoms with Gasteiger partial charge in [-0.05, 0) is 17.7 Å². The molecule has 0 aliphatic rings. The van der Waals surface area contributed by atoms with Gasteiger partial charge in [0.2, 0.25) is 0 Å². The number of rotatable bonds is 4. The highest BCUT2D eigenvalue weighted by molar-refractivity contribution is 5.58. The van der Waals surface area contributed by atoms with Crippen LogP contribution in [0.3, 0.4) is 0 Å². The monoisotopic (exact) mass is 267 g/mol. The molecule has 2 aromatic heterocycles. The molecule has 0 aliphatic carbocycles. The molecule has 2 heterocycles. The largest absolute Gasteiger partial charge is 0.392 e. The second-order valence-electron chi connectivity index (χ2n) is 4.32. The van der Waals surface area contributed by atoms with Crippen molar-refractivity contribution in [2.45, 2.75) is 13.2 Å². The van der Waals surface area contributed by atoms with Crippen molar-refractivity contribution in [1.29, 1.82) is 0 Å². The Balaban J connectivity index is 1.83. The third kappa shape index (κ3) is 2.70. The molecule has 6 heteroatoms. The Bertz CT molecular complexity index is 696. The van der Waals surface area contributed by atoms with Crippen LogP contribution in [-0.2, 0) is 13.2 Å². The minimum absolute atomic E-state index is 0.0137. The summed E-state index contributed by atoms with van der Waals surface area (Å²) in [5.41, 5.74) is 2.54. The van der Waals surface area contributed by atoms with Gasteiger partial charge in [-0.1, -0.05) is 23.4 Å². The first kappa shape index (κ1) is 12.4. The van der Waals surface area contributed by atoms with Gasteiger partial charge >= 0.3 is 0 Å². The van der Waals surface area contributed by atoms with Crippen LogP contribution in [-0.4, -0.2) is 30.1 Å². The van der Waals surface area contributed by atoms with Crippen LogP contribution < -0.4 is 0 Å². The van der Waals surface area contributed by atoms with Crippen molar-refractivity contribution in [3.05, 3.63) is 60.3 Å². The number of nitrogens with zero attached hydrogens (tertiary/aromatic N) is 5. The highest BCUT2D eigenvalue weighted by atomic mass is 16.3. The van der Waals surface area contributed by atoms with E-state index in [4.69, 9.17) is 5.11 Å². The molecule has 0 radical (unpaired) electrons. The Hall–Kier alpha value is -2.60. The van der Waals surface area contributed by atoms with Crippen LogP contribution in [0.15, 0.2) is 48.9 Å². The van der Waals surface area contributed by atoms with Crippen LogP contribution in [0.25, 0.3) is 11.3 Å². The zero-order valence-electron chi connectivity index (χ0n) is 10.7. The van der Waals surface area contributed by atoms with Gasteiger partial charge in [0, 0.05) is 18.0 Å². The summed E-state index contributed by atoms with van der Waals surface area (Å²) < 4.78 is 1.69. The molecule has 0 atom stereocenters. The second kappa shape index (κ2) is 5.58. The third-order valence-electron chi connectivity index (χ3n) is 2.87. The molecule has 1 N–H and O–H groups in total. The van der Waals surface area contributed by atoms with Crippen LogP contribution in [0.2, 0.25) is 0 Å². The zero-order valence-corrected chi connectivity index (χ0v) is 10.7. The van der Waals surface area contributed by atoms with Crippen molar-refractivity contribution in [2.75, 3.05) is 0 Å². The molecule has 0 unspecified atom stereocenters. The van der Waals surface area contributed by atoms with E-state index in [2.05, 4.69) is 20.3 Å². The molecular formula is C14H13N5O. The lowest BCUT2D eigenvalue weighted by molar-refractivity contribution is 0.282. The quantitative estimate of drug-likeness (QED) is 0.770. The van der Waals surface area contributed by atoms with Gasteiger partial charge < -0.3 is 5.11 Å². The van der Waals surface area contributed by atoms with Gasteiger partial charge in [-0.15, -0.1) is 5.10 Å². The van der Waals surface area contributed by atoms with E-state index in [0.29, 0.717) is 12.4 Å². The van der Waals surface area contributed by atoms with Gasteiger partial charge in [0.15, 0.2) is 0 Å². The Morgan fingerprint density at radius 3 is 2.75 bits per heavy atom. The number of aromatic nitrogens is 5. The van der Waals surface area contributed by atoms with Crippen LogP contribution in [0, 0.1) is 0 Å². The molecule has 3 rings (SSSR count). The smallest absolute Gasteiger partial charge is 0.149 e. The van der Waals surface area contributed by atoms with E-state index >= 15 is 0 Å². The van der Waals surface area contributed by atoms with E-state index in [0.717, 1.165) is 16.8 Å². The minimum atomic E-state index is 0.0137. The second-order valence-corrected chi connectivity index (χ2v) is 4.32. The third-order valence-corrected chi connectivity index (χ3v) is 2.87. The summed E-state index contributed by atoms with van der Waals surface area (Å²) in [6.45, 7) is 0.493. The standard InChI is InChI=1S/C14H13N5O/c20-10-11-3-1-4-12(7-11)13-8-19(18-17-13)9-14-15-5-2-6-16-14/h1-8,20H,9-10H2. The summed E-state index contributed by atoms with van der Waals surface area (Å²) in [5.74, 6) is 0.688. The highest BCUT2D eigenvalue weighted by Crippen LogP contribution is 2.17. The molecule has 3 aromatic rings. The predicted molar refractivity (Wildman–Crippen MR) is 72.5 cm³/mol. The maximum absolute atomic E-state index is 9.15. The fourth-order valence-electron chi connectivity index (χ4n) is 1.89. The SMILES string of the molecule is OCc1cccc(-c2cn(Cc3ncccn3)nn2)c1. The molecule has 0 saturated carbocycles. The average Bonchev–Trinajstić information content (AvgIpc) is 2.97. The molecule has 6 nitrogen and oxygen atoms in total. The maximum Gasteiger partial charge on any atom is 0.149 e. The highest BCUT2D eigenvalue weighted by Gasteiger charge is 2.06. The predicted octanol–water partition coefficient (Wildman–Crippen LogP) is 1.28. The van der Waals surface area contributed by atoms with Gasteiger partial charge in [-0.25, -0.2) is 14.6 Å². The van der Waals surface area contributed by atoms with Crippen LogP contribution >= 0.6 is 0 Å². The van der Waals surface area contributed by atoms with E-state index in [1.54, 1.807) is 23.1 Å². The molecule has 0 aliphatic heterocycles. The lowest BCUT2D eigenvalue weighted by atomic mass is 10.1. The van der Waals surface area contributed by atoms with E-state index < -0.39 is 0 Å². The van der Waals surface area contributed by atoms with Crippen molar-refractivity contribution in [1.82, 2.24) is 25.0 Å². The summed E-state index contributed by atoms with van der Waals surface area (Å²) in [4.78, 5) is 8.30. The number of aliphatic hydroxyl groups excluding tert-OH is 1. The molecule has 0 saturated heterocycles. The summed E-state index contributed by atoms with van der Waals surface area (Å²) in [5, 5.41) is 17.4. The average molecular weight is 267 g/mol. The minimum Gasteiger partial charge on any atom is -0.392 e. The van der Waals surface area contributed by atoms with E-state index in [-0.39, 0.29) is 6.61 Å². The Morgan fingerprint density at radius 1 is 1.10 bits per heavy atom. The summed E-state index contributed by atoms with van der Waals surface area (Å²) >= 11 is 0. The van der Waals surface area contributed by atoms with Crippen molar-refractivity contribution >= 4 is 0 Å². The van der Waals surface area contributed by atoms with Gasteiger partial charge in [0.1, 0.15) is 18.1 Å². The van der Waals surface area contributed by atoms with Crippen LogP contribution in [0.4, 0.5) is 0 Å². The Labute approximate surface area is 115 Å². The summed E-state index contributed by atoms with van der Waals surface area (Å²) in [6.07, 6.45) is 5.24. The lowest BCUT2D eigenvalue weighted by Crippen LogP contribution is -2.04. The number of aliphatic hydroxyl groups is 1. The van der Waals surface area contributed by atoms with Crippen molar-refractivity contribution in [3.63, 3.8) is 0 Å². The zero-order chi connectivity index (χ0) is 13.8. The van der Waals surface area contributed by atoms with Crippen molar-refractivity contribution < 1.29 is 5.11 Å². The van der Waals surface area contributed by atoms with Gasteiger partial charge in [-0.2, -0.15) is 0 Å². The molecule has 0 spiro atoms. The molecule has 0 bridgehead atoms. The fourth-order valence-corrected chi connectivity index (χ4v) is 1.89. The number of hydrogen-bond acceptors (Lipinski definition) is 5. The Kier molecular flexibility index (Phi) is 3.47. The molecule has 0 fully saturated rings. The number of benzene rings is 1. The molecule has 0 amide bonds. The van der Waals surface area contributed by atoms with Crippen LogP contribution in [0.5, 0.6) is 0 Å². The molecular weight excluding hydrogens is 254 g/mol. The Morgan fingerprint density at radius 2 is 1.95 bits per heavy atom. The first-order chi connectivity index (χ1) is 9.85. The van der Waals surface area contributed by atoms with E-state index in [9.17, 15) is 0 Å².